The van der Waals surface area contributed by atoms with Gasteiger partial charge in [-0.05, 0) is 35.8 Å². The molecule has 1 aliphatic rings. The fraction of sp³-hybridized carbons (Fsp3) is 0.455. The molecule has 15 heavy (non-hydrogen) atoms. The quantitative estimate of drug-likeness (QED) is 0.867. The van der Waals surface area contributed by atoms with E-state index in [0.717, 1.165) is 23.5 Å². The topological polar surface area (TPSA) is 26.0 Å². The van der Waals surface area contributed by atoms with Crippen molar-refractivity contribution in [2.24, 2.45) is 11.7 Å². The van der Waals surface area contributed by atoms with Crippen LogP contribution in [0.1, 0.15) is 5.56 Å². The van der Waals surface area contributed by atoms with Crippen molar-refractivity contribution < 1.29 is 4.39 Å². The molecule has 2 rings (SSSR count). The van der Waals surface area contributed by atoms with Gasteiger partial charge in [-0.2, -0.15) is 11.8 Å². The van der Waals surface area contributed by atoms with Crippen LogP contribution in [0.15, 0.2) is 18.2 Å². The van der Waals surface area contributed by atoms with Gasteiger partial charge in [0.15, 0.2) is 0 Å². The van der Waals surface area contributed by atoms with Crippen molar-refractivity contribution >= 4 is 23.4 Å². The van der Waals surface area contributed by atoms with Crippen molar-refractivity contribution in [2.75, 3.05) is 11.5 Å². The zero-order chi connectivity index (χ0) is 10.8. The van der Waals surface area contributed by atoms with Crippen LogP contribution in [-0.2, 0) is 6.42 Å². The molecule has 1 heterocycles. The SMILES string of the molecule is NC1CSCC1Cc1ccc(F)cc1Cl. The number of rotatable bonds is 2. The maximum absolute atomic E-state index is 12.8. The summed E-state index contributed by atoms with van der Waals surface area (Å²) in [5.41, 5.74) is 6.97. The first-order valence-corrected chi connectivity index (χ1v) is 6.47. The van der Waals surface area contributed by atoms with E-state index < -0.39 is 0 Å². The van der Waals surface area contributed by atoms with E-state index in [-0.39, 0.29) is 11.9 Å². The molecule has 0 amide bonds. The summed E-state index contributed by atoms with van der Waals surface area (Å²) in [6.45, 7) is 0. The van der Waals surface area contributed by atoms with Gasteiger partial charge in [-0.25, -0.2) is 4.39 Å². The van der Waals surface area contributed by atoms with Crippen molar-refractivity contribution in [1.29, 1.82) is 0 Å². The van der Waals surface area contributed by atoms with E-state index in [1.165, 1.54) is 12.1 Å². The Hall–Kier alpha value is -0.250. The lowest BCUT2D eigenvalue weighted by atomic mass is 9.95. The second-order valence-electron chi connectivity index (χ2n) is 3.90. The molecule has 1 aliphatic heterocycles. The van der Waals surface area contributed by atoms with Crippen LogP contribution in [0, 0.1) is 11.7 Å². The summed E-state index contributed by atoms with van der Waals surface area (Å²) in [5, 5.41) is 0.513. The molecule has 0 spiro atoms. The first-order valence-electron chi connectivity index (χ1n) is 4.94. The Balaban J connectivity index is 2.10. The summed E-state index contributed by atoms with van der Waals surface area (Å²) in [5.74, 6) is 2.28. The van der Waals surface area contributed by atoms with Gasteiger partial charge in [-0.1, -0.05) is 17.7 Å². The molecule has 0 aliphatic carbocycles. The Kier molecular flexibility index (Phi) is 3.54. The van der Waals surface area contributed by atoms with Crippen LogP contribution in [-0.4, -0.2) is 17.5 Å². The van der Waals surface area contributed by atoms with Crippen LogP contribution < -0.4 is 5.73 Å². The van der Waals surface area contributed by atoms with Gasteiger partial charge in [-0.15, -0.1) is 0 Å². The predicted molar refractivity (Wildman–Crippen MR) is 63.9 cm³/mol. The number of halogens is 2. The summed E-state index contributed by atoms with van der Waals surface area (Å²) in [6.07, 6.45) is 0.854. The fourth-order valence-electron chi connectivity index (χ4n) is 1.80. The van der Waals surface area contributed by atoms with Crippen LogP contribution in [0.25, 0.3) is 0 Å². The molecule has 82 valence electrons. The molecule has 2 unspecified atom stereocenters. The number of hydrogen-bond acceptors (Lipinski definition) is 2. The second-order valence-corrected chi connectivity index (χ2v) is 5.38. The Morgan fingerprint density at radius 3 is 2.87 bits per heavy atom. The molecule has 0 bridgehead atoms. The van der Waals surface area contributed by atoms with Crippen LogP contribution >= 0.6 is 23.4 Å². The van der Waals surface area contributed by atoms with E-state index in [0.29, 0.717) is 10.9 Å². The number of thioether (sulfide) groups is 1. The van der Waals surface area contributed by atoms with Crippen molar-refractivity contribution in [3.05, 3.63) is 34.6 Å². The Bertz CT molecular complexity index is 358. The minimum atomic E-state index is -0.283. The van der Waals surface area contributed by atoms with Crippen molar-refractivity contribution in [2.45, 2.75) is 12.5 Å². The Morgan fingerprint density at radius 2 is 2.27 bits per heavy atom. The van der Waals surface area contributed by atoms with E-state index >= 15 is 0 Å². The zero-order valence-corrected chi connectivity index (χ0v) is 9.82. The highest BCUT2D eigenvalue weighted by Crippen LogP contribution is 2.28. The highest BCUT2D eigenvalue weighted by atomic mass is 35.5. The number of nitrogens with two attached hydrogens (primary N) is 1. The highest BCUT2D eigenvalue weighted by Gasteiger charge is 2.25. The minimum absolute atomic E-state index is 0.246. The molecule has 1 nitrogen and oxygen atoms in total. The summed E-state index contributed by atoms with van der Waals surface area (Å²) >= 11 is 7.84. The molecule has 0 saturated carbocycles. The fourth-order valence-corrected chi connectivity index (χ4v) is 3.39. The van der Waals surface area contributed by atoms with E-state index in [4.69, 9.17) is 17.3 Å². The van der Waals surface area contributed by atoms with Gasteiger partial charge in [0.2, 0.25) is 0 Å². The first kappa shape index (κ1) is 11.2. The normalized spacial score (nSPS) is 25.8. The lowest BCUT2D eigenvalue weighted by molar-refractivity contribution is 0.514. The zero-order valence-electron chi connectivity index (χ0n) is 8.25. The minimum Gasteiger partial charge on any atom is -0.327 e. The third kappa shape index (κ3) is 2.65. The highest BCUT2D eigenvalue weighted by molar-refractivity contribution is 7.99. The second kappa shape index (κ2) is 4.73. The van der Waals surface area contributed by atoms with E-state index in [2.05, 4.69) is 0 Å². The molecule has 1 saturated heterocycles. The summed E-state index contributed by atoms with van der Waals surface area (Å²) in [4.78, 5) is 0. The molecule has 1 aromatic rings. The standard InChI is InChI=1S/C11H13ClFNS/c12-10-4-9(13)2-1-7(10)3-8-5-15-6-11(8)14/h1-2,4,8,11H,3,5-6,14H2. The third-order valence-corrected chi connectivity index (χ3v) is 4.38. The molecule has 1 fully saturated rings. The first-order chi connectivity index (χ1) is 7.16. The monoisotopic (exact) mass is 245 g/mol. The summed E-state index contributed by atoms with van der Waals surface area (Å²) in [7, 11) is 0. The molecule has 4 heteroatoms. The molecule has 2 atom stereocenters. The third-order valence-electron chi connectivity index (χ3n) is 2.74. The predicted octanol–water partition coefficient (Wildman–Crippen LogP) is 2.71. The van der Waals surface area contributed by atoms with Crippen molar-refractivity contribution in [3.8, 4) is 0 Å². The van der Waals surface area contributed by atoms with Crippen LogP contribution in [0.2, 0.25) is 5.02 Å². The van der Waals surface area contributed by atoms with Gasteiger partial charge < -0.3 is 5.73 Å². The van der Waals surface area contributed by atoms with Gasteiger partial charge in [-0.3, -0.25) is 0 Å². The van der Waals surface area contributed by atoms with E-state index in [1.807, 2.05) is 11.8 Å². The smallest absolute Gasteiger partial charge is 0.124 e. The lowest BCUT2D eigenvalue weighted by Crippen LogP contribution is -2.29. The summed E-state index contributed by atoms with van der Waals surface area (Å²) < 4.78 is 12.8. The maximum Gasteiger partial charge on any atom is 0.124 e. The molecular formula is C11H13ClFNS. The summed E-state index contributed by atoms with van der Waals surface area (Å²) in [6, 6.07) is 4.82. The molecule has 0 radical (unpaired) electrons. The van der Waals surface area contributed by atoms with Gasteiger partial charge in [0.25, 0.3) is 0 Å². The van der Waals surface area contributed by atoms with Gasteiger partial charge in [0.05, 0.1) is 0 Å². The van der Waals surface area contributed by atoms with Crippen molar-refractivity contribution in [3.63, 3.8) is 0 Å². The van der Waals surface area contributed by atoms with E-state index in [9.17, 15) is 4.39 Å². The van der Waals surface area contributed by atoms with Gasteiger partial charge >= 0.3 is 0 Å². The maximum atomic E-state index is 12.8. The van der Waals surface area contributed by atoms with Crippen LogP contribution in [0.3, 0.4) is 0 Å². The molecule has 0 aromatic heterocycles. The molecule has 2 N–H and O–H groups in total. The largest absolute Gasteiger partial charge is 0.327 e. The average molecular weight is 246 g/mol. The lowest BCUT2D eigenvalue weighted by Gasteiger charge is -2.14. The average Bonchev–Trinajstić information content (AvgIpc) is 2.57. The van der Waals surface area contributed by atoms with Gasteiger partial charge in [0, 0.05) is 16.8 Å². The Morgan fingerprint density at radius 1 is 1.47 bits per heavy atom. The van der Waals surface area contributed by atoms with Crippen molar-refractivity contribution in [1.82, 2.24) is 0 Å². The number of benzene rings is 1. The van der Waals surface area contributed by atoms with E-state index in [1.54, 1.807) is 6.07 Å². The molecular weight excluding hydrogens is 233 g/mol. The number of hydrogen-bond donors (Lipinski definition) is 1. The molecule has 1 aromatic carbocycles. The van der Waals surface area contributed by atoms with Crippen LogP contribution in [0.4, 0.5) is 4.39 Å². The van der Waals surface area contributed by atoms with Crippen LogP contribution in [0.5, 0.6) is 0 Å². The van der Waals surface area contributed by atoms with Gasteiger partial charge in [0.1, 0.15) is 5.82 Å². The Labute approximate surface area is 98.2 Å².